The van der Waals surface area contributed by atoms with Gasteiger partial charge in [-0.25, -0.2) is 4.98 Å². The van der Waals surface area contributed by atoms with Crippen LogP contribution in [0.1, 0.15) is 5.69 Å². The number of amides is 1. The number of thiophene rings is 1. The number of aromatic nitrogens is 1. The van der Waals surface area contributed by atoms with Gasteiger partial charge >= 0.3 is 0 Å². The first-order valence-corrected chi connectivity index (χ1v) is 9.61. The van der Waals surface area contributed by atoms with Gasteiger partial charge in [0.05, 0.1) is 21.9 Å². The minimum absolute atomic E-state index is 0.0161. The molecule has 26 heavy (non-hydrogen) atoms. The Morgan fingerprint density at radius 1 is 1.15 bits per heavy atom. The largest absolute Gasteiger partial charge is 0.378 e. The van der Waals surface area contributed by atoms with Crippen molar-refractivity contribution in [3.8, 4) is 9.88 Å². The maximum Gasteiger partial charge on any atom is 0.292 e. The molecule has 2 heterocycles. The maximum absolute atomic E-state index is 12.0. The summed E-state index contributed by atoms with van der Waals surface area (Å²) >= 11 is 3.14. The molecule has 0 aliphatic carbocycles. The summed E-state index contributed by atoms with van der Waals surface area (Å²) in [6, 6.07) is 10.4. The van der Waals surface area contributed by atoms with Gasteiger partial charge in [0.2, 0.25) is 5.91 Å². The Bertz CT molecular complexity index is 893. The van der Waals surface area contributed by atoms with Gasteiger partial charge in [-0.05, 0) is 17.5 Å². The number of nitrogens with one attached hydrogen (secondary N) is 2. The summed E-state index contributed by atoms with van der Waals surface area (Å²) in [6.45, 7) is 0.765. The number of carbonyl (C=O) groups excluding carboxylic acids is 1. The molecule has 0 aliphatic heterocycles. The lowest BCUT2D eigenvalue weighted by Crippen LogP contribution is -2.30. The van der Waals surface area contributed by atoms with Gasteiger partial charge in [0, 0.05) is 24.5 Å². The summed E-state index contributed by atoms with van der Waals surface area (Å²) < 4.78 is 0. The molecule has 9 heteroatoms. The number of nitro benzene ring substituents is 1. The average molecular weight is 388 g/mol. The summed E-state index contributed by atoms with van der Waals surface area (Å²) in [6.07, 6.45) is 0.216. The van der Waals surface area contributed by atoms with Crippen molar-refractivity contribution in [2.45, 2.75) is 6.42 Å². The van der Waals surface area contributed by atoms with Crippen LogP contribution in [0.2, 0.25) is 0 Å². The van der Waals surface area contributed by atoms with E-state index in [0.29, 0.717) is 18.8 Å². The highest BCUT2D eigenvalue weighted by Crippen LogP contribution is 2.27. The summed E-state index contributed by atoms with van der Waals surface area (Å²) in [5, 5.41) is 21.5. The van der Waals surface area contributed by atoms with Crippen molar-refractivity contribution in [2.75, 3.05) is 18.4 Å². The molecule has 0 atom stereocenters. The molecule has 0 unspecified atom stereocenters. The van der Waals surface area contributed by atoms with Crippen molar-refractivity contribution in [3.05, 3.63) is 63.0 Å². The third-order valence-corrected chi connectivity index (χ3v) is 5.42. The van der Waals surface area contributed by atoms with E-state index in [9.17, 15) is 14.9 Å². The summed E-state index contributed by atoms with van der Waals surface area (Å²) in [5.74, 6) is -0.127. The molecule has 134 valence electrons. The number of rotatable bonds is 8. The lowest BCUT2D eigenvalue weighted by Gasteiger charge is -2.08. The molecule has 0 aliphatic rings. The molecule has 0 saturated carbocycles. The molecular formula is C17H16N4O3S2. The van der Waals surface area contributed by atoms with E-state index in [2.05, 4.69) is 15.6 Å². The zero-order valence-corrected chi connectivity index (χ0v) is 15.3. The summed E-state index contributed by atoms with van der Waals surface area (Å²) in [7, 11) is 0. The first-order chi connectivity index (χ1) is 12.6. The Hall–Kier alpha value is -2.78. The highest BCUT2D eigenvalue weighted by molar-refractivity contribution is 7.20. The lowest BCUT2D eigenvalue weighted by molar-refractivity contribution is -0.384. The quantitative estimate of drug-likeness (QED) is 0.349. The van der Waals surface area contributed by atoms with E-state index in [0.717, 1.165) is 15.6 Å². The Morgan fingerprint density at radius 2 is 2.00 bits per heavy atom. The Morgan fingerprint density at radius 3 is 2.77 bits per heavy atom. The van der Waals surface area contributed by atoms with Crippen LogP contribution >= 0.6 is 22.7 Å². The first-order valence-electron chi connectivity index (χ1n) is 7.86. The molecular weight excluding hydrogens is 372 g/mol. The highest BCUT2D eigenvalue weighted by Gasteiger charge is 2.12. The Balaban J connectivity index is 1.44. The van der Waals surface area contributed by atoms with Gasteiger partial charge in [-0.1, -0.05) is 18.2 Å². The van der Waals surface area contributed by atoms with E-state index in [1.807, 2.05) is 22.9 Å². The van der Waals surface area contributed by atoms with Gasteiger partial charge in [0.15, 0.2) is 0 Å². The highest BCUT2D eigenvalue weighted by atomic mass is 32.1. The molecule has 2 N–H and O–H groups in total. The second-order valence-corrected chi connectivity index (χ2v) is 7.15. The van der Waals surface area contributed by atoms with Crippen molar-refractivity contribution in [1.82, 2.24) is 10.3 Å². The van der Waals surface area contributed by atoms with Crippen LogP contribution in [0.4, 0.5) is 11.4 Å². The number of para-hydroxylation sites is 2. The number of thiazole rings is 1. The van der Waals surface area contributed by atoms with Gasteiger partial charge in [0.1, 0.15) is 10.7 Å². The van der Waals surface area contributed by atoms with Crippen LogP contribution in [0.25, 0.3) is 9.88 Å². The predicted octanol–water partition coefficient (Wildman–Crippen LogP) is 3.55. The molecule has 0 fully saturated rings. The smallest absolute Gasteiger partial charge is 0.292 e. The van der Waals surface area contributed by atoms with Crippen molar-refractivity contribution in [1.29, 1.82) is 0 Å². The Kier molecular flexibility index (Phi) is 5.92. The number of carbonyl (C=O) groups is 1. The molecule has 3 rings (SSSR count). The van der Waals surface area contributed by atoms with E-state index in [-0.39, 0.29) is 18.0 Å². The van der Waals surface area contributed by atoms with Crippen LogP contribution in [0, 0.1) is 10.1 Å². The molecule has 2 aromatic heterocycles. The van der Waals surface area contributed by atoms with Crippen LogP contribution in [0.15, 0.2) is 47.2 Å². The fraction of sp³-hybridized carbons (Fsp3) is 0.176. The minimum atomic E-state index is -0.436. The summed E-state index contributed by atoms with van der Waals surface area (Å²) in [5.41, 5.74) is 1.19. The van der Waals surface area contributed by atoms with Gasteiger partial charge in [-0.3, -0.25) is 14.9 Å². The van der Waals surface area contributed by atoms with Crippen molar-refractivity contribution in [2.24, 2.45) is 0 Å². The van der Waals surface area contributed by atoms with E-state index < -0.39 is 4.92 Å². The topological polar surface area (TPSA) is 97.2 Å². The second-order valence-electron chi connectivity index (χ2n) is 5.35. The molecule has 0 spiro atoms. The van der Waals surface area contributed by atoms with Crippen LogP contribution < -0.4 is 10.6 Å². The van der Waals surface area contributed by atoms with E-state index in [4.69, 9.17) is 0 Å². The molecule has 3 aromatic rings. The van der Waals surface area contributed by atoms with Crippen LogP contribution in [0.5, 0.6) is 0 Å². The minimum Gasteiger partial charge on any atom is -0.378 e. The van der Waals surface area contributed by atoms with Crippen LogP contribution in [0.3, 0.4) is 0 Å². The Labute approximate surface area is 157 Å². The fourth-order valence-electron chi connectivity index (χ4n) is 2.31. The zero-order valence-electron chi connectivity index (χ0n) is 13.7. The van der Waals surface area contributed by atoms with E-state index >= 15 is 0 Å². The van der Waals surface area contributed by atoms with Gasteiger partial charge < -0.3 is 10.6 Å². The molecule has 1 aromatic carbocycles. The number of nitro groups is 1. The van der Waals surface area contributed by atoms with E-state index in [1.54, 1.807) is 29.5 Å². The van der Waals surface area contributed by atoms with Crippen molar-refractivity contribution in [3.63, 3.8) is 0 Å². The third-order valence-electron chi connectivity index (χ3n) is 3.49. The zero-order chi connectivity index (χ0) is 18.4. The molecule has 0 bridgehead atoms. The third kappa shape index (κ3) is 4.64. The van der Waals surface area contributed by atoms with Crippen LogP contribution in [-0.2, 0) is 11.2 Å². The van der Waals surface area contributed by atoms with Gasteiger partial charge in [-0.2, -0.15) is 0 Å². The number of anilines is 1. The number of hydrogen-bond acceptors (Lipinski definition) is 7. The maximum atomic E-state index is 12.0. The SMILES string of the molecule is O=C(Cc1csc(-c2cccs2)n1)NCCNc1ccccc1[N+](=O)[O-]. The number of hydrogen-bond donors (Lipinski definition) is 2. The monoisotopic (exact) mass is 388 g/mol. The molecule has 0 radical (unpaired) electrons. The predicted molar refractivity (Wildman–Crippen MR) is 104 cm³/mol. The van der Waals surface area contributed by atoms with Gasteiger partial charge in [-0.15, -0.1) is 22.7 Å². The van der Waals surface area contributed by atoms with Crippen LogP contribution in [-0.4, -0.2) is 28.9 Å². The van der Waals surface area contributed by atoms with E-state index in [1.165, 1.54) is 17.4 Å². The molecule has 7 nitrogen and oxygen atoms in total. The van der Waals surface area contributed by atoms with Crippen molar-refractivity contribution >= 4 is 40.0 Å². The first kappa shape index (κ1) is 18.0. The second kappa shape index (κ2) is 8.54. The average Bonchev–Trinajstić information content (AvgIpc) is 3.30. The normalized spacial score (nSPS) is 10.5. The molecule has 1 amide bonds. The lowest BCUT2D eigenvalue weighted by atomic mass is 10.2. The fourth-order valence-corrected chi connectivity index (χ4v) is 3.94. The molecule has 0 saturated heterocycles. The number of nitrogens with zero attached hydrogens (tertiary/aromatic N) is 2. The van der Waals surface area contributed by atoms with Crippen molar-refractivity contribution < 1.29 is 9.72 Å². The number of benzene rings is 1. The standard InChI is InChI=1S/C17H16N4O3S2/c22-16(10-12-11-26-17(20-12)15-6-3-9-25-15)19-8-7-18-13-4-1-2-5-14(13)21(23)24/h1-6,9,11,18H,7-8,10H2,(H,19,22). The summed E-state index contributed by atoms with van der Waals surface area (Å²) in [4.78, 5) is 28.1. The van der Waals surface area contributed by atoms with Gasteiger partial charge in [0.25, 0.3) is 5.69 Å².